The van der Waals surface area contributed by atoms with Crippen molar-refractivity contribution in [3.63, 3.8) is 0 Å². The second-order valence-electron chi connectivity index (χ2n) is 8.56. The van der Waals surface area contributed by atoms with Gasteiger partial charge in [0.1, 0.15) is 6.04 Å². The fourth-order valence-corrected chi connectivity index (χ4v) is 4.16. The van der Waals surface area contributed by atoms with Gasteiger partial charge >= 0.3 is 5.97 Å². The average molecular weight is 416 g/mol. The van der Waals surface area contributed by atoms with Crippen LogP contribution in [0.15, 0.2) is 24.3 Å². The van der Waals surface area contributed by atoms with E-state index in [1.807, 2.05) is 24.3 Å². The number of unbranched alkanes of at least 4 members (excludes halogenated alkanes) is 9. The zero-order chi connectivity index (χ0) is 21.6. The fraction of sp³-hybridized carbons (Fsp3) is 0.692. The van der Waals surface area contributed by atoms with Gasteiger partial charge in [0.25, 0.3) is 5.91 Å². The smallest absolute Gasteiger partial charge is 0.328 e. The standard InChI is InChI=1S/C26H41NO3/c1-3-5-6-7-8-9-10-11-12-13-21-30-26(29)24-15-14-20-27(24)25(28)23-18-16-22(4-2)17-19-23/h16-19,24H,3-15,20-21H2,1-2H3. The molecule has 0 bridgehead atoms. The predicted molar refractivity (Wildman–Crippen MR) is 123 cm³/mol. The van der Waals surface area contributed by atoms with E-state index in [2.05, 4.69) is 13.8 Å². The van der Waals surface area contributed by atoms with Crippen molar-refractivity contribution in [2.75, 3.05) is 13.2 Å². The van der Waals surface area contributed by atoms with Crippen LogP contribution in [0.2, 0.25) is 0 Å². The van der Waals surface area contributed by atoms with Crippen molar-refractivity contribution in [3.05, 3.63) is 35.4 Å². The van der Waals surface area contributed by atoms with Gasteiger partial charge in [-0.05, 0) is 43.4 Å². The van der Waals surface area contributed by atoms with E-state index in [0.29, 0.717) is 25.1 Å². The summed E-state index contributed by atoms with van der Waals surface area (Å²) in [6, 6.07) is 7.28. The number of benzene rings is 1. The molecule has 30 heavy (non-hydrogen) atoms. The molecule has 1 fully saturated rings. The van der Waals surface area contributed by atoms with Crippen LogP contribution in [0, 0.1) is 0 Å². The molecule has 1 aromatic carbocycles. The summed E-state index contributed by atoms with van der Waals surface area (Å²) in [6.45, 7) is 5.45. The lowest BCUT2D eigenvalue weighted by atomic mass is 10.1. The summed E-state index contributed by atoms with van der Waals surface area (Å²) < 4.78 is 5.52. The first-order valence-electron chi connectivity index (χ1n) is 12.2. The zero-order valence-corrected chi connectivity index (χ0v) is 19.2. The molecule has 0 aliphatic carbocycles. The summed E-state index contributed by atoms with van der Waals surface area (Å²) in [5.41, 5.74) is 1.86. The Morgan fingerprint density at radius 3 is 2.10 bits per heavy atom. The lowest BCUT2D eigenvalue weighted by Gasteiger charge is -2.23. The molecule has 4 heteroatoms. The molecule has 1 atom stereocenters. The van der Waals surface area contributed by atoms with Crippen molar-refractivity contribution < 1.29 is 14.3 Å². The topological polar surface area (TPSA) is 46.6 Å². The molecular formula is C26H41NO3. The van der Waals surface area contributed by atoms with Crippen LogP contribution >= 0.6 is 0 Å². The fourth-order valence-electron chi connectivity index (χ4n) is 4.16. The molecule has 1 aliphatic heterocycles. The maximum absolute atomic E-state index is 12.8. The Balaban J connectivity index is 1.63. The first kappa shape index (κ1) is 24.4. The Hall–Kier alpha value is -1.84. The first-order chi connectivity index (χ1) is 14.7. The van der Waals surface area contributed by atoms with E-state index in [0.717, 1.165) is 25.7 Å². The highest BCUT2D eigenvalue weighted by molar-refractivity contribution is 5.97. The van der Waals surface area contributed by atoms with E-state index in [9.17, 15) is 9.59 Å². The molecular weight excluding hydrogens is 374 g/mol. The minimum atomic E-state index is -0.425. The van der Waals surface area contributed by atoms with Crippen molar-refractivity contribution in [2.45, 2.75) is 103 Å². The van der Waals surface area contributed by atoms with Crippen molar-refractivity contribution in [2.24, 2.45) is 0 Å². The number of hydrogen-bond acceptors (Lipinski definition) is 3. The second kappa shape index (κ2) is 14.2. The largest absolute Gasteiger partial charge is 0.464 e. The molecule has 1 aliphatic rings. The summed E-state index contributed by atoms with van der Waals surface area (Å²) in [7, 11) is 0. The molecule has 0 saturated carbocycles. The number of amides is 1. The molecule has 168 valence electrons. The highest BCUT2D eigenvalue weighted by Gasteiger charge is 2.35. The van der Waals surface area contributed by atoms with Crippen LogP contribution in [0.1, 0.15) is 107 Å². The van der Waals surface area contributed by atoms with Gasteiger partial charge in [-0.15, -0.1) is 0 Å². The Kier molecular flexibility index (Phi) is 11.6. The lowest BCUT2D eigenvalue weighted by molar-refractivity contribution is -0.148. The number of ether oxygens (including phenoxy) is 1. The van der Waals surface area contributed by atoms with E-state index in [1.165, 1.54) is 56.9 Å². The Morgan fingerprint density at radius 2 is 1.50 bits per heavy atom. The highest BCUT2D eigenvalue weighted by Crippen LogP contribution is 2.22. The first-order valence-corrected chi connectivity index (χ1v) is 12.2. The number of carbonyl (C=O) groups is 2. The molecule has 0 N–H and O–H groups in total. The molecule has 1 saturated heterocycles. The predicted octanol–water partition coefficient (Wildman–Crippen LogP) is 6.32. The van der Waals surface area contributed by atoms with Crippen molar-refractivity contribution in [1.29, 1.82) is 0 Å². The Morgan fingerprint density at radius 1 is 0.900 bits per heavy atom. The number of carbonyl (C=O) groups excluding carboxylic acids is 2. The number of aryl methyl sites for hydroxylation is 1. The summed E-state index contributed by atoms with van der Waals surface area (Å²) in [6.07, 6.45) is 15.1. The van der Waals surface area contributed by atoms with Gasteiger partial charge in [0.2, 0.25) is 0 Å². The van der Waals surface area contributed by atoms with E-state index in [1.54, 1.807) is 4.90 Å². The molecule has 1 amide bonds. The van der Waals surface area contributed by atoms with E-state index in [-0.39, 0.29) is 11.9 Å². The third kappa shape index (κ3) is 8.12. The number of esters is 1. The van der Waals surface area contributed by atoms with Crippen LogP contribution in [0.3, 0.4) is 0 Å². The number of hydrogen-bond donors (Lipinski definition) is 0. The molecule has 0 radical (unpaired) electrons. The molecule has 1 unspecified atom stereocenters. The van der Waals surface area contributed by atoms with Crippen LogP contribution in [0.25, 0.3) is 0 Å². The molecule has 1 aromatic rings. The van der Waals surface area contributed by atoms with Crippen LogP contribution in [0.4, 0.5) is 0 Å². The minimum absolute atomic E-state index is 0.0592. The van der Waals surface area contributed by atoms with Crippen molar-refractivity contribution in [3.8, 4) is 0 Å². The molecule has 0 spiro atoms. The second-order valence-corrected chi connectivity index (χ2v) is 8.56. The zero-order valence-electron chi connectivity index (χ0n) is 19.2. The normalized spacial score (nSPS) is 16.1. The molecule has 0 aromatic heterocycles. The summed E-state index contributed by atoms with van der Waals surface area (Å²) in [5, 5.41) is 0. The SMILES string of the molecule is CCCCCCCCCCCCOC(=O)C1CCCN1C(=O)c1ccc(CC)cc1. The Labute approximate surface area is 183 Å². The molecule has 2 rings (SSSR count). The lowest BCUT2D eigenvalue weighted by Crippen LogP contribution is -2.41. The van der Waals surface area contributed by atoms with Gasteiger partial charge in [-0.3, -0.25) is 4.79 Å². The van der Waals surface area contributed by atoms with Crippen molar-refractivity contribution >= 4 is 11.9 Å². The third-order valence-electron chi connectivity index (χ3n) is 6.14. The maximum atomic E-state index is 12.8. The maximum Gasteiger partial charge on any atom is 0.328 e. The summed E-state index contributed by atoms with van der Waals surface area (Å²) in [5.74, 6) is -0.294. The van der Waals surface area contributed by atoms with Gasteiger partial charge in [0.15, 0.2) is 0 Å². The van der Waals surface area contributed by atoms with Gasteiger partial charge in [-0.2, -0.15) is 0 Å². The highest BCUT2D eigenvalue weighted by atomic mass is 16.5. The van der Waals surface area contributed by atoms with Crippen molar-refractivity contribution in [1.82, 2.24) is 4.90 Å². The number of nitrogens with zero attached hydrogens (tertiary/aromatic N) is 1. The quantitative estimate of drug-likeness (QED) is 0.264. The van der Waals surface area contributed by atoms with Gasteiger partial charge in [0, 0.05) is 12.1 Å². The third-order valence-corrected chi connectivity index (χ3v) is 6.14. The van der Waals surface area contributed by atoms with Gasteiger partial charge < -0.3 is 9.64 Å². The van der Waals surface area contributed by atoms with Crippen LogP contribution in [-0.2, 0) is 16.0 Å². The average Bonchev–Trinajstić information content (AvgIpc) is 3.27. The Bertz CT molecular complexity index is 626. The van der Waals surface area contributed by atoms with Crippen LogP contribution in [0.5, 0.6) is 0 Å². The van der Waals surface area contributed by atoms with Gasteiger partial charge in [-0.25, -0.2) is 4.79 Å². The van der Waals surface area contributed by atoms with Gasteiger partial charge in [0.05, 0.1) is 6.61 Å². The number of likely N-dealkylation sites (tertiary alicyclic amines) is 1. The number of rotatable bonds is 14. The van der Waals surface area contributed by atoms with E-state index < -0.39 is 6.04 Å². The monoisotopic (exact) mass is 415 g/mol. The molecule has 4 nitrogen and oxygen atoms in total. The van der Waals surface area contributed by atoms with E-state index >= 15 is 0 Å². The van der Waals surface area contributed by atoms with Crippen LogP contribution in [-0.4, -0.2) is 36.0 Å². The van der Waals surface area contributed by atoms with Crippen LogP contribution < -0.4 is 0 Å². The van der Waals surface area contributed by atoms with Gasteiger partial charge in [-0.1, -0.05) is 83.8 Å². The summed E-state index contributed by atoms with van der Waals surface area (Å²) in [4.78, 5) is 27.1. The minimum Gasteiger partial charge on any atom is -0.464 e. The molecule has 1 heterocycles. The van der Waals surface area contributed by atoms with E-state index in [4.69, 9.17) is 4.74 Å². The summed E-state index contributed by atoms with van der Waals surface area (Å²) >= 11 is 0.